The van der Waals surface area contributed by atoms with Gasteiger partial charge in [0, 0.05) is 5.75 Å². The molecule has 0 bridgehead atoms. The maximum Gasteiger partial charge on any atom is 0.119 e. The lowest BCUT2D eigenvalue weighted by atomic mass is 10.3. The van der Waals surface area contributed by atoms with Crippen LogP contribution in [-0.2, 0) is 4.74 Å². The number of rotatable bonds is 2. The van der Waals surface area contributed by atoms with E-state index in [0.29, 0.717) is 12.7 Å². The van der Waals surface area contributed by atoms with Crippen molar-refractivity contribution >= 4 is 22.5 Å². The van der Waals surface area contributed by atoms with Gasteiger partial charge in [0.25, 0.3) is 0 Å². The minimum absolute atomic E-state index is 0.333. The van der Waals surface area contributed by atoms with Gasteiger partial charge in [0.05, 0.1) is 30.6 Å². The molecule has 0 amide bonds. The van der Waals surface area contributed by atoms with Gasteiger partial charge >= 0.3 is 0 Å². The summed E-state index contributed by atoms with van der Waals surface area (Å²) in [5.41, 5.74) is 0.946. The van der Waals surface area contributed by atoms with Gasteiger partial charge in [-0.05, 0) is 31.2 Å². The molecule has 1 aliphatic rings. The van der Waals surface area contributed by atoms with Gasteiger partial charge in [-0.1, -0.05) is 0 Å². The third-order valence-electron chi connectivity index (χ3n) is 2.30. The monoisotopic (exact) mass is 237 g/mol. The lowest BCUT2D eigenvalue weighted by molar-refractivity contribution is 0.112. The summed E-state index contributed by atoms with van der Waals surface area (Å²) < 4.78 is 10.6. The van der Waals surface area contributed by atoms with Crippen molar-refractivity contribution in [2.75, 3.05) is 19.5 Å². The van der Waals surface area contributed by atoms with Crippen LogP contribution >= 0.6 is 11.8 Å². The quantitative estimate of drug-likeness (QED) is 0.792. The van der Waals surface area contributed by atoms with Crippen LogP contribution in [0.5, 0.6) is 5.75 Å². The first-order valence-corrected chi connectivity index (χ1v) is 6.22. The van der Waals surface area contributed by atoms with Crippen LogP contribution in [0.3, 0.4) is 0 Å². The van der Waals surface area contributed by atoms with E-state index in [-0.39, 0.29) is 0 Å². The summed E-state index contributed by atoms with van der Waals surface area (Å²) in [5, 5.41) is 1.04. The van der Waals surface area contributed by atoms with Gasteiger partial charge in [-0.25, -0.2) is 4.99 Å². The molecule has 16 heavy (non-hydrogen) atoms. The molecule has 0 N–H and O–H groups in total. The van der Waals surface area contributed by atoms with Crippen molar-refractivity contribution in [1.82, 2.24) is 0 Å². The summed E-state index contributed by atoms with van der Waals surface area (Å²) in [6, 6.07) is 7.72. The SMILES string of the molecule is COc1ccc(N=C2COC(C)CS2)cc1. The normalized spacial score (nSPS) is 23.4. The zero-order valence-electron chi connectivity index (χ0n) is 9.47. The van der Waals surface area contributed by atoms with Crippen LogP contribution in [0.1, 0.15) is 6.92 Å². The smallest absolute Gasteiger partial charge is 0.119 e. The molecule has 2 rings (SSSR count). The highest BCUT2D eigenvalue weighted by molar-refractivity contribution is 8.14. The molecule has 0 saturated carbocycles. The second kappa shape index (κ2) is 5.37. The Hall–Kier alpha value is -1.00. The van der Waals surface area contributed by atoms with Crippen LogP contribution in [0.4, 0.5) is 5.69 Å². The molecule has 1 fully saturated rings. The lowest BCUT2D eigenvalue weighted by Gasteiger charge is -2.19. The molecule has 1 aliphatic heterocycles. The second-order valence-electron chi connectivity index (χ2n) is 3.64. The molecule has 1 heterocycles. The van der Waals surface area contributed by atoms with Gasteiger partial charge in [0.2, 0.25) is 0 Å². The lowest BCUT2D eigenvalue weighted by Crippen LogP contribution is -2.23. The molecular weight excluding hydrogens is 222 g/mol. The van der Waals surface area contributed by atoms with Crippen molar-refractivity contribution in [3.05, 3.63) is 24.3 Å². The Labute approximate surface area is 99.9 Å². The topological polar surface area (TPSA) is 30.8 Å². The van der Waals surface area contributed by atoms with Gasteiger partial charge in [-0.2, -0.15) is 0 Å². The maximum atomic E-state index is 5.53. The standard InChI is InChI=1S/C12H15NO2S/c1-9-8-16-12(7-15-9)13-10-3-5-11(14-2)6-4-10/h3-6,9H,7-8H2,1-2H3. The Kier molecular flexibility index (Phi) is 3.85. The molecule has 3 nitrogen and oxygen atoms in total. The first-order chi connectivity index (χ1) is 7.78. The number of thioether (sulfide) groups is 1. The maximum absolute atomic E-state index is 5.53. The Morgan fingerprint density at radius 2 is 2.12 bits per heavy atom. The van der Waals surface area contributed by atoms with E-state index in [0.717, 1.165) is 22.2 Å². The van der Waals surface area contributed by atoms with Crippen LogP contribution in [0.25, 0.3) is 0 Å². The molecule has 1 unspecified atom stereocenters. The number of aliphatic imine (C=N–C) groups is 1. The summed E-state index contributed by atoms with van der Waals surface area (Å²) in [6.45, 7) is 2.70. The molecular formula is C12H15NO2S. The van der Waals surface area contributed by atoms with Gasteiger partial charge in [-0.15, -0.1) is 11.8 Å². The van der Waals surface area contributed by atoms with Gasteiger partial charge in [0.15, 0.2) is 0 Å². The minimum Gasteiger partial charge on any atom is -0.497 e. The second-order valence-corrected chi connectivity index (χ2v) is 4.73. The molecule has 1 aromatic carbocycles. The summed E-state index contributed by atoms with van der Waals surface area (Å²) in [4.78, 5) is 4.53. The number of hydrogen-bond donors (Lipinski definition) is 0. The van der Waals surface area contributed by atoms with Crippen LogP contribution < -0.4 is 4.74 Å². The molecule has 0 spiro atoms. The highest BCUT2D eigenvalue weighted by Crippen LogP contribution is 2.22. The predicted octanol–water partition coefficient (Wildman–Crippen LogP) is 2.88. The molecule has 0 aromatic heterocycles. The van der Waals surface area contributed by atoms with Crippen LogP contribution in [0.2, 0.25) is 0 Å². The first kappa shape index (κ1) is 11.5. The number of methoxy groups -OCH3 is 1. The summed E-state index contributed by atoms with van der Waals surface area (Å²) >= 11 is 1.77. The number of hydrogen-bond acceptors (Lipinski definition) is 4. The van der Waals surface area contributed by atoms with Crippen molar-refractivity contribution in [2.24, 2.45) is 4.99 Å². The van der Waals surface area contributed by atoms with Crippen molar-refractivity contribution in [1.29, 1.82) is 0 Å². The Morgan fingerprint density at radius 1 is 1.38 bits per heavy atom. The Morgan fingerprint density at radius 3 is 2.69 bits per heavy atom. The van der Waals surface area contributed by atoms with Gasteiger partial charge < -0.3 is 9.47 Å². The minimum atomic E-state index is 0.333. The average Bonchev–Trinajstić information content (AvgIpc) is 2.33. The highest BCUT2D eigenvalue weighted by Gasteiger charge is 2.14. The van der Waals surface area contributed by atoms with Crippen molar-refractivity contribution in [3.8, 4) is 5.75 Å². The molecule has 4 heteroatoms. The van der Waals surface area contributed by atoms with Gasteiger partial charge in [-0.3, -0.25) is 0 Å². The van der Waals surface area contributed by atoms with E-state index in [2.05, 4.69) is 11.9 Å². The summed E-state index contributed by atoms with van der Waals surface area (Å²) in [6.07, 6.45) is 0.333. The van der Waals surface area contributed by atoms with Crippen LogP contribution in [0.15, 0.2) is 29.3 Å². The van der Waals surface area contributed by atoms with Crippen LogP contribution in [0, 0.1) is 0 Å². The number of benzene rings is 1. The number of ether oxygens (including phenoxy) is 2. The molecule has 86 valence electrons. The summed E-state index contributed by atoms with van der Waals surface area (Å²) in [7, 11) is 1.66. The van der Waals surface area contributed by atoms with E-state index >= 15 is 0 Å². The Balaban J connectivity index is 2.04. The molecule has 0 aliphatic carbocycles. The van der Waals surface area contributed by atoms with Crippen molar-refractivity contribution in [2.45, 2.75) is 13.0 Å². The molecule has 1 aromatic rings. The van der Waals surface area contributed by atoms with E-state index in [1.165, 1.54) is 0 Å². The van der Waals surface area contributed by atoms with E-state index in [1.54, 1.807) is 18.9 Å². The third kappa shape index (κ3) is 3.00. The number of nitrogens with zero attached hydrogens (tertiary/aromatic N) is 1. The van der Waals surface area contributed by atoms with Gasteiger partial charge in [0.1, 0.15) is 5.75 Å². The van der Waals surface area contributed by atoms with E-state index < -0.39 is 0 Å². The first-order valence-electron chi connectivity index (χ1n) is 5.24. The largest absolute Gasteiger partial charge is 0.497 e. The van der Waals surface area contributed by atoms with Crippen molar-refractivity contribution in [3.63, 3.8) is 0 Å². The van der Waals surface area contributed by atoms with E-state index in [1.807, 2.05) is 24.3 Å². The highest BCUT2D eigenvalue weighted by atomic mass is 32.2. The van der Waals surface area contributed by atoms with Crippen molar-refractivity contribution < 1.29 is 9.47 Å². The predicted molar refractivity (Wildman–Crippen MR) is 68.0 cm³/mol. The zero-order chi connectivity index (χ0) is 11.4. The average molecular weight is 237 g/mol. The fourth-order valence-corrected chi connectivity index (χ4v) is 2.23. The third-order valence-corrected chi connectivity index (χ3v) is 3.48. The van der Waals surface area contributed by atoms with E-state index in [9.17, 15) is 0 Å². The van der Waals surface area contributed by atoms with E-state index in [4.69, 9.17) is 9.47 Å². The van der Waals surface area contributed by atoms with Crippen LogP contribution in [-0.4, -0.2) is 30.6 Å². The fourth-order valence-electron chi connectivity index (χ4n) is 1.38. The molecule has 0 radical (unpaired) electrons. The zero-order valence-corrected chi connectivity index (χ0v) is 10.3. The Bertz CT molecular complexity index is 365. The molecule has 1 saturated heterocycles. The molecule has 1 atom stereocenters. The summed E-state index contributed by atoms with van der Waals surface area (Å²) in [5.74, 6) is 1.83. The fraction of sp³-hybridized carbons (Fsp3) is 0.417.